The van der Waals surface area contributed by atoms with Gasteiger partial charge in [-0.3, -0.25) is 4.79 Å². The van der Waals surface area contributed by atoms with E-state index in [0.29, 0.717) is 17.9 Å². The van der Waals surface area contributed by atoms with E-state index >= 15 is 0 Å². The number of nitroso groups, excluding NO2 is 1. The molecule has 0 heterocycles. The van der Waals surface area contributed by atoms with Crippen LogP contribution in [0.25, 0.3) is 0 Å². The Balaban J connectivity index is 1.76. The molecule has 1 aliphatic rings. The molecule has 26 heavy (non-hydrogen) atoms. The fourth-order valence-electron chi connectivity index (χ4n) is 3.37. The van der Waals surface area contributed by atoms with Crippen LogP contribution in [0, 0.1) is 4.91 Å². The highest BCUT2D eigenvalue weighted by molar-refractivity contribution is 5.89. The Morgan fingerprint density at radius 3 is 2.15 bits per heavy atom. The van der Waals surface area contributed by atoms with E-state index in [1.807, 2.05) is 30.3 Å². The van der Waals surface area contributed by atoms with Crippen LogP contribution in [0.4, 0.5) is 8.78 Å². The van der Waals surface area contributed by atoms with E-state index in [9.17, 15) is 18.5 Å². The molecule has 0 bridgehead atoms. The van der Waals surface area contributed by atoms with Crippen molar-refractivity contribution in [2.24, 2.45) is 5.18 Å². The molecular weight excluding hydrogens is 340 g/mol. The van der Waals surface area contributed by atoms with E-state index in [1.54, 1.807) is 24.3 Å². The Morgan fingerprint density at radius 2 is 1.58 bits per heavy atom. The first-order chi connectivity index (χ1) is 12.5. The minimum Gasteiger partial charge on any atom is -0.489 e. The van der Waals surface area contributed by atoms with Crippen LogP contribution in [0.15, 0.2) is 59.8 Å². The zero-order valence-electron chi connectivity index (χ0n) is 14.2. The van der Waals surface area contributed by atoms with Crippen LogP contribution in [0.3, 0.4) is 0 Å². The number of ether oxygens (including phenoxy) is 1. The molecule has 2 aromatic carbocycles. The van der Waals surface area contributed by atoms with E-state index in [4.69, 9.17) is 4.74 Å². The van der Waals surface area contributed by atoms with Gasteiger partial charge in [-0.05, 0) is 36.1 Å². The number of carbonyl (C=O) groups is 1. The van der Waals surface area contributed by atoms with E-state index in [-0.39, 0.29) is 12.8 Å². The maximum atomic E-state index is 13.5. The summed E-state index contributed by atoms with van der Waals surface area (Å²) in [6.07, 6.45) is -1.04. The highest BCUT2D eigenvalue weighted by Gasteiger charge is 2.49. The van der Waals surface area contributed by atoms with Gasteiger partial charge in [0.05, 0.1) is 5.41 Å². The van der Waals surface area contributed by atoms with Crippen LogP contribution in [-0.4, -0.2) is 11.8 Å². The number of rotatable bonds is 5. The van der Waals surface area contributed by atoms with Crippen molar-refractivity contribution in [3.63, 3.8) is 0 Å². The van der Waals surface area contributed by atoms with Crippen LogP contribution in [0.5, 0.6) is 5.75 Å². The highest BCUT2D eigenvalue weighted by Crippen LogP contribution is 2.46. The molecule has 0 aliphatic heterocycles. The van der Waals surface area contributed by atoms with Crippen molar-refractivity contribution in [2.45, 2.75) is 43.6 Å². The summed E-state index contributed by atoms with van der Waals surface area (Å²) < 4.78 is 32.7. The van der Waals surface area contributed by atoms with E-state index in [2.05, 4.69) is 5.18 Å². The van der Waals surface area contributed by atoms with Crippen molar-refractivity contribution < 1.29 is 18.3 Å². The number of benzene rings is 2. The minimum atomic E-state index is -2.80. The summed E-state index contributed by atoms with van der Waals surface area (Å²) in [6, 6.07) is 16.3. The highest BCUT2D eigenvalue weighted by atomic mass is 19.3. The zero-order valence-corrected chi connectivity index (χ0v) is 14.2. The van der Waals surface area contributed by atoms with Gasteiger partial charge in [0.2, 0.25) is 5.92 Å². The first kappa shape index (κ1) is 18.2. The zero-order chi connectivity index (χ0) is 18.6. The molecule has 0 N–H and O–H groups in total. The van der Waals surface area contributed by atoms with Gasteiger partial charge in [0.1, 0.15) is 12.4 Å². The Labute approximate surface area is 150 Å². The lowest BCUT2D eigenvalue weighted by atomic mass is 9.68. The van der Waals surface area contributed by atoms with E-state index in [1.165, 1.54) is 0 Å². The van der Waals surface area contributed by atoms with Gasteiger partial charge in [0.15, 0.2) is 0 Å². The lowest BCUT2D eigenvalue weighted by molar-refractivity contribution is -0.128. The molecule has 0 aromatic heterocycles. The molecule has 1 amide bonds. The van der Waals surface area contributed by atoms with Gasteiger partial charge in [-0.1, -0.05) is 42.5 Å². The SMILES string of the molecule is O=NC(=O)C1(c2ccc(OCc3ccccc3)cc2)CCC(F)(F)CC1. The summed E-state index contributed by atoms with van der Waals surface area (Å²) >= 11 is 0. The monoisotopic (exact) mass is 359 g/mol. The average Bonchev–Trinajstić information content (AvgIpc) is 2.67. The molecule has 4 nitrogen and oxygen atoms in total. The van der Waals surface area contributed by atoms with Crippen LogP contribution >= 0.6 is 0 Å². The fourth-order valence-corrected chi connectivity index (χ4v) is 3.37. The average molecular weight is 359 g/mol. The Kier molecular flexibility index (Phi) is 5.11. The maximum absolute atomic E-state index is 13.5. The lowest BCUT2D eigenvalue weighted by Gasteiger charge is -2.37. The molecule has 1 saturated carbocycles. The van der Waals surface area contributed by atoms with E-state index in [0.717, 1.165) is 5.56 Å². The predicted molar refractivity (Wildman–Crippen MR) is 93.1 cm³/mol. The van der Waals surface area contributed by atoms with Crippen LogP contribution in [0.1, 0.15) is 36.8 Å². The van der Waals surface area contributed by atoms with Gasteiger partial charge < -0.3 is 4.74 Å². The van der Waals surface area contributed by atoms with Crippen LogP contribution < -0.4 is 4.74 Å². The maximum Gasteiger partial charge on any atom is 0.296 e. The second-order valence-electron chi connectivity index (χ2n) is 6.63. The Bertz CT molecular complexity index is 765. The minimum absolute atomic E-state index is 0.0885. The quantitative estimate of drug-likeness (QED) is 0.706. The molecule has 0 saturated heterocycles. The normalized spacial score (nSPS) is 18.1. The predicted octanol–water partition coefficient (Wildman–Crippen LogP) is 5.01. The summed E-state index contributed by atoms with van der Waals surface area (Å²) in [5.74, 6) is -3.09. The van der Waals surface area contributed by atoms with Gasteiger partial charge in [0.25, 0.3) is 5.91 Å². The number of alkyl halides is 2. The van der Waals surface area contributed by atoms with Gasteiger partial charge in [-0.2, -0.15) is 0 Å². The van der Waals surface area contributed by atoms with Crippen molar-refractivity contribution in [3.8, 4) is 5.75 Å². The molecule has 1 fully saturated rings. The van der Waals surface area contributed by atoms with Gasteiger partial charge in [-0.25, -0.2) is 8.78 Å². The molecule has 136 valence electrons. The van der Waals surface area contributed by atoms with Crippen LogP contribution in [0.2, 0.25) is 0 Å². The smallest absolute Gasteiger partial charge is 0.296 e. The Hall–Kier alpha value is -2.63. The first-order valence-corrected chi connectivity index (χ1v) is 8.48. The van der Waals surface area contributed by atoms with Gasteiger partial charge in [-0.15, -0.1) is 4.91 Å². The number of amides is 1. The molecule has 6 heteroatoms. The summed E-state index contributed by atoms with van der Waals surface area (Å²) in [6.45, 7) is 0.395. The van der Waals surface area contributed by atoms with Crippen molar-refractivity contribution in [2.75, 3.05) is 0 Å². The molecular formula is C20H19F2NO3. The number of nitrogens with zero attached hydrogens (tertiary/aromatic N) is 1. The third kappa shape index (κ3) is 3.79. The van der Waals surface area contributed by atoms with Crippen molar-refractivity contribution in [1.29, 1.82) is 0 Å². The molecule has 1 aliphatic carbocycles. The first-order valence-electron chi connectivity index (χ1n) is 8.48. The molecule has 0 unspecified atom stereocenters. The van der Waals surface area contributed by atoms with Crippen LogP contribution in [-0.2, 0) is 16.8 Å². The lowest BCUT2D eigenvalue weighted by Crippen LogP contribution is -2.42. The molecule has 0 atom stereocenters. The molecule has 0 radical (unpaired) electrons. The standard InChI is InChI=1S/C20H19F2NO3/c21-20(22)12-10-19(11-13-20,18(24)23-25)16-6-8-17(9-7-16)26-14-15-4-2-1-3-5-15/h1-9H,10-14H2. The van der Waals surface area contributed by atoms with E-state index < -0.39 is 30.1 Å². The summed E-state index contributed by atoms with van der Waals surface area (Å²) in [7, 11) is 0. The number of hydrogen-bond donors (Lipinski definition) is 0. The number of carbonyl (C=O) groups excluding carboxylic acids is 1. The van der Waals surface area contributed by atoms with Crippen molar-refractivity contribution >= 4 is 5.91 Å². The third-order valence-electron chi connectivity index (χ3n) is 4.98. The third-order valence-corrected chi connectivity index (χ3v) is 4.98. The molecule has 0 spiro atoms. The van der Waals surface area contributed by atoms with Gasteiger partial charge >= 0.3 is 0 Å². The molecule has 3 rings (SSSR count). The largest absolute Gasteiger partial charge is 0.489 e. The second-order valence-corrected chi connectivity index (χ2v) is 6.63. The number of hydrogen-bond acceptors (Lipinski definition) is 3. The Morgan fingerprint density at radius 1 is 0.962 bits per heavy atom. The fraction of sp³-hybridized carbons (Fsp3) is 0.350. The van der Waals surface area contributed by atoms with Crippen molar-refractivity contribution in [1.82, 2.24) is 0 Å². The number of halogens is 2. The van der Waals surface area contributed by atoms with Gasteiger partial charge in [0, 0.05) is 18.0 Å². The van der Waals surface area contributed by atoms with Crippen molar-refractivity contribution in [3.05, 3.63) is 70.6 Å². The summed E-state index contributed by atoms with van der Waals surface area (Å²) in [4.78, 5) is 23.0. The molecule has 2 aromatic rings. The summed E-state index contributed by atoms with van der Waals surface area (Å²) in [5.41, 5.74) is 0.286. The second kappa shape index (κ2) is 7.32. The topological polar surface area (TPSA) is 55.7 Å². The summed E-state index contributed by atoms with van der Waals surface area (Å²) in [5, 5.41) is 2.54.